The summed E-state index contributed by atoms with van der Waals surface area (Å²) in [7, 11) is 2.06. The third-order valence-electron chi connectivity index (χ3n) is 3.38. The van der Waals surface area contributed by atoms with E-state index in [4.69, 9.17) is 11.6 Å². The Labute approximate surface area is 131 Å². The number of nitrogens with zero attached hydrogens (tertiary/aromatic N) is 1. The van der Waals surface area contributed by atoms with Crippen molar-refractivity contribution >= 4 is 17.4 Å². The van der Waals surface area contributed by atoms with Gasteiger partial charge in [0.15, 0.2) is 5.78 Å². The number of carbonyl (C=O) groups is 1. The Morgan fingerprint density at radius 2 is 1.86 bits per heavy atom. The molecule has 0 atom stereocenters. The molecule has 0 amide bonds. The summed E-state index contributed by atoms with van der Waals surface area (Å²) in [6, 6.07) is 17.4. The second-order valence-corrected chi connectivity index (χ2v) is 5.70. The van der Waals surface area contributed by atoms with Gasteiger partial charge >= 0.3 is 0 Å². The minimum absolute atomic E-state index is 0.215. The van der Waals surface area contributed by atoms with Gasteiger partial charge in [0.25, 0.3) is 0 Å². The molecule has 0 fully saturated rings. The number of hydrogen-bond acceptors (Lipinski definition) is 2. The standard InChI is InChI=1S/C18H20ClNO/c1-20(14-15-7-5-10-17(19)13-15)12-6-11-18(21)16-8-3-2-4-9-16/h2-5,7-10,13H,6,11-12,14H2,1H3. The molecule has 0 aliphatic carbocycles. The number of halogens is 1. The van der Waals surface area contributed by atoms with Crippen molar-refractivity contribution in [1.82, 2.24) is 4.90 Å². The van der Waals surface area contributed by atoms with Gasteiger partial charge in [-0.2, -0.15) is 0 Å². The normalized spacial score (nSPS) is 10.8. The molecule has 0 N–H and O–H groups in total. The Balaban J connectivity index is 1.74. The van der Waals surface area contributed by atoms with Gasteiger partial charge in [0.2, 0.25) is 0 Å². The van der Waals surface area contributed by atoms with E-state index in [1.165, 1.54) is 5.56 Å². The molecule has 110 valence electrons. The largest absolute Gasteiger partial charge is 0.302 e. The summed E-state index contributed by atoms with van der Waals surface area (Å²) in [5.41, 5.74) is 1.99. The molecule has 0 heterocycles. The van der Waals surface area contributed by atoms with Gasteiger partial charge in [0.1, 0.15) is 0 Å². The third-order valence-corrected chi connectivity index (χ3v) is 3.62. The van der Waals surface area contributed by atoms with Crippen molar-refractivity contribution in [2.24, 2.45) is 0 Å². The first kappa shape index (κ1) is 15.7. The van der Waals surface area contributed by atoms with Crippen LogP contribution in [0.5, 0.6) is 0 Å². The van der Waals surface area contributed by atoms with Crippen LogP contribution in [0, 0.1) is 0 Å². The van der Waals surface area contributed by atoms with Crippen molar-refractivity contribution in [2.45, 2.75) is 19.4 Å². The van der Waals surface area contributed by atoms with Crippen LogP contribution in [0.25, 0.3) is 0 Å². The molecule has 0 saturated carbocycles. The molecule has 0 bridgehead atoms. The van der Waals surface area contributed by atoms with E-state index in [-0.39, 0.29) is 5.78 Å². The molecular formula is C18H20ClNO. The van der Waals surface area contributed by atoms with E-state index in [0.717, 1.165) is 30.1 Å². The quantitative estimate of drug-likeness (QED) is 0.705. The Morgan fingerprint density at radius 3 is 2.57 bits per heavy atom. The summed E-state index contributed by atoms with van der Waals surface area (Å²) in [6.45, 7) is 1.74. The van der Waals surface area contributed by atoms with Gasteiger partial charge in [-0.3, -0.25) is 4.79 Å². The minimum Gasteiger partial charge on any atom is -0.302 e. The molecule has 21 heavy (non-hydrogen) atoms. The molecule has 0 aliphatic heterocycles. The molecule has 0 aromatic heterocycles. The van der Waals surface area contributed by atoms with Gasteiger partial charge in [-0.05, 0) is 37.7 Å². The number of Topliss-reactive ketones (excluding diaryl/α,β-unsaturated/α-hetero) is 1. The van der Waals surface area contributed by atoms with Crippen LogP contribution in [0.15, 0.2) is 54.6 Å². The number of ketones is 1. The SMILES string of the molecule is CN(CCCC(=O)c1ccccc1)Cc1cccc(Cl)c1. The molecule has 0 unspecified atom stereocenters. The zero-order chi connectivity index (χ0) is 15.1. The third kappa shape index (κ3) is 5.33. The monoisotopic (exact) mass is 301 g/mol. The van der Waals surface area contributed by atoms with E-state index in [0.29, 0.717) is 6.42 Å². The number of benzene rings is 2. The summed E-state index contributed by atoms with van der Waals surface area (Å²) in [6.07, 6.45) is 1.45. The minimum atomic E-state index is 0.215. The van der Waals surface area contributed by atoms with Crippen LogP contribution in [-0.4, -0.2) is 24.3 Å². The van der Waals surface area contributed by atoms with Crippen LogP contribution in [0.3, 0.4) is 0 Å². The zero-order valence-electron chi connectivity index (χ0n) is 12.3. The zero-order valence-corrected chi connectivity index (χ0v) is 13.0. The lowest BCUT2D eigenvalue weighted by Crippen LogP contribution is -2.19. The lowest BCUT2D eigenvalue weighted by molar-refractivity contribution is 0.0976. The van der Waals surface area contributed by atoms with Crippen LogP contribution < -0.4 is 0 Å². The van der Waals surface area contributed by atoms with Gasteiger partial charge in [0, 0.05) is 23.6 Å². The van der Waals surface area contributed by atoms with E-state index < -0.39 is 0 Å². The summed E-state index contributed by atoms with van der Waals surface area (Å²) >= 11 is 5.98. The predicted molar refractivity (Wildman–Crippen MR) is 87.8 cm³/mol. The maximum atomic E-state index is 12.0. The van der Waals surface area contributed by atoms with Crippen LogP contribution in [0.4, 0.5) is 0 Å². The molecule has 2 rings (SSSR count). The fraction of sp³-hybridized carbons (Fsp3) is 0.278. The maximum Gasteiger partial charge on any atom is 0.162 e. The maximum absolute atomic E-state index is 12.0. The highest BCUT2D eigenvalue weighted by atomic mass is 35.5. The van der Waals surface area contributed by atoms with Gasteiger partial charge < -0.3 is 4.90 Å². The molecule has 0 aliphatic rings. The van der Waals surface area contributed by atoms with Gasteiger partial charge in [-0.1, -0.05) is 54.1 Å². The molecule has 2 aromatic rings. The van der Waals surface area contributed by atoms with Gasteiger partial charge in [-0.15, -0.1) is 0 Å². The molecule has 0 spiro atoms. The second kappa shape index (κ2) is 7.96. The van der Waals surface area contributed by atoms with Crippen molar-refractivity contribution in [3.63, 3.8) is 0 Å². The number of rotatable bonds is 7. The first-order valence-electron chi connectivity index (χ1n) is 7.16. The van der Waals surface area contributed by atoms with Crippen LogP contribution in [-0.2, 0) is 6.54 Å². The van der Waals surface area contributed by atoms with Crippen molar-refractivity contribution in [1.29, 1.82) is 0 Å². The molecule has 3 heteroatoms. The van der Waals surface area contributed by atoms with E-state index in [2.05, 4.69) is 18.0 Å². The topological polar surface area (TPSA) is 20.3 Å². The van der Waals surface area contributed by atoms with Crippen molar-refractivity contribution in [3.05, 3.63) is 70.7 Å². The predicted octanol–water partition coefficient (Wildman–Crippen LogP) is 4.43. The van der Waals surface area contributed by atoms with E-state index in [1.807, 2.05) is 48.5 Å². The lowest BCUT2D eigenvalue weighted by Gasteiger charge is -2.16. The Hall–Kier alpha value is -1.64. The highest BCUT2D eigenvalue weighted by Gasteiger charge is 2.06. The van der Waals surface area contributed by atoms with Gasteiger partial charge in [0.05, 0.1) is 0 Å². The summed E-state index contributed by atoms with van der Waals surface area (Å²) < 4.78 is 0. The summed E-state index contributed by atoms with van der Waals surface area (Å²) in [5.74, 6) is 0.215. The first-order valence-corrected chi connectivity index (χ1v) is 7.54. The summed E-state index contributed by atoms with van der Waals surface area (Å²) in [5, 5.41) is 0.764. The second-order valence-electron chi connectivity index (χ2n) is 5.26. The highest BCUT2D eigenvalue weighted by molar-refractivity contribution is 6.30. The van der Waals surface area contributed by atoms with Crippen LogP contribution in [0.1, 0.15) is 28.8 Å². The fourth-order valence-electron chi connectivity index (χ4n) is 2.30. The summed E-state index contributed by atoms with van der Waals surface area (Å²) in [4.78, 5) is 14.2. The number of hydrogen-bond donors (Lipinski definition) is 0. The fourth-order valence-corrected chi connectivity index (χ4v) is 2.52. The van der Waals surface area contributed by atoms with Crippen LogP contribution in [0.2, 0.25) is 5.02 Å². The Kier molecular flexibility index (Phi) is 5.97. The molecule has 0 saturated heterocycles. The Morgan fingerprint density at radius 1 is 1.10 bits per heavy atom. The molecule has 2 aromatic carbocycles. The van der Waals surface area contributed by atoms with E-state index >= 15 is 0 Å². The Bertz CT molecular complexity index is 583. The average molecular weight is 302 g/mol. The van der Waals surface area contributed by atoms with Crippen molar-refractivity contribution < 1.29 is 4.79 Å². The lowest BCUT2D eigenvalue weighted by atomic mass is 10.1. The highest BCUT2D eigenvalue weighted by Crippen LogP contribution is 2.12. The van der Waals surface area contributed by atoms with Gasteiger partial charge in [-0.25, -0.2) is 0 Å². The molecular weight excluding hydrogens is 282 g/mol. The molecule has 0 radical (unpaired) electrons. The van der Waals surface area contributed by atoms with Crippen molar-refractivity contribution in [3.8, 4) is 0 Å². The average Bonchev–Trinajstić information content (AvgIpc) is 2.48. The number of carbonyl (C=O) groups excluding carboxylic acids is 1. The van der Waals surface area contributed by atoms with E-state index in [9.17, 15) is 4.79 Å². The van der Waals surface area contributed by atoms with Crippen molar-refractivity contribution in [2.75, 3.05) is 13.6 Å². The smallest absolute Gasteiger partial charge is 0.162 e. The van der Waals surface area contributed by atoms with E-state index in [1.54, 1.807) is 0 Å². The van der Waals surface area contributed by atoms with Crippen LogP contribution >= 0.6 is 11.6 Å². The first-order chi connectivity index (χ1) is 10.1. The molecule has 2 nitrogen and oxygen atoms in total.